The topological polar surface area (TPSA) is 98.5 Å². The van der Waals surface area contributed by atoms with Crippen molar-refractivity contribution in [2.75, 3.05) is 13.7 Å². The van der Waals surface area contributed by atoms with Crippen LogP contribution in [0.1, 0.15) is 41.6 Å². The van der Waals surface area contributed by atoms with E-state index in [1.165, 1.54) is 25.3 Å². The molecule has 1 fully saturated rings. The molecule has 1 aliphatic carbocycles. The highest BCUT2D eigenvalue weighted by molar-refractivity contribution is 7.89. The second kappa shape index (κ2) is 7.61. The standard InChI is InChI=1S/C15H22N2O4S.ClH/c1-11-9-12(14(18)21-2)5-6-13(11)22(19,20)17-15(10-16)7-3-4-8-15;/h5-6,9,17H,3-4,7-8,10,16H2,1-2H3;1H. The Balaban J connectivity index is 0.00000264. The average molecular weight is 363 g/mol. The summed E-state index contributed by atoms with van der Waals surface area (Å²) >= 11 is 0. The zero-order chi connectivity index (χ0) is 16.4. The number of carbonyl (C=O) groups is 1. The third-order valence-electron chi connectivity index (χ3n) is 4.19. The monoisotopic (exact) mass is 362 g/mol. The largest absolute Gasteiger partial charge is 0.465 e. The Morgan fingerprint density at radius 3 is 2.43 bits per heavy atom. The fraction of sp³-hybridized carbons (Fsp3) is 0.533. The number of halogens is 1. The van der Waals surface area contributed by atoms with E-state index in [1.54, 1.807) is 6.92 Å². The smallest absolute Gasteiger partial charge is 0.337 e. The maximum atomic E-state index is 12.6. The molecule has 0 heterocycles. The third-order valence-corrected chi connectivity index (χ3v) is 5.93. The second-order valence-electron chi connectivity index (χ2n) is 5.77. The van der Waals surface area contributed by atoms with Crippen molar-refractivity contribution in [3.8, 4) is 0 Å². The molecule has 0 bridgehead atoms. The number of benzene rings is 1. The highest BCUT2D eigenvalue weighted by atomic mass is 35.5. The molecule has 0 atom stereocenters. The number of nitrogens with two attached hydrogens (primary N) is 1. The van der Waals surface area contributed by atoms with Crippen LogP contribution in [0.3, 0.4) is 0 Å². The van der Waals surface area contributed by atoms with Crippen LogP contribution in [-0.4, -0.2) is 33.6 Å². The van der Waals surface area contributed by atoms with Gasteiger partial charge in [-0.05, 0) is 43.5 Å². The molecule has 0 unspecified atom stereocenters. The molecule has 0 amide bonds. The minimum Gasteiger partial charge on any atom is -0.465 e. The molecule has 130 valence electrons. The minimum absolute atomic E-state index is 0. The van der Waals surface area contributed by atoms with Gasteiger partial charge in [0.2, 0.25) is 10.0 Å². The van der Waals surface area contributed by atoms with Gasteiger partial charge >= 0.3 is 5.97 Å². The van der Waals surface area contributed by atoms with Gasteiger partial charge in [0.15, 0.2) is 0 Å². The van der Waals surface area contributed by atoms with Crippen LogP contribution >= 0.6 is 12.4 Å². The van der Waals surface area contributed by atoms with E-state index in [4.69, 9.17) is 5.73 Å². The lowest BCUT2D eigenvalue weighted by atomic mass is 10.0. The highest BCUT2D eigenvalue weighted by Gasteiger charge is 2.37. The van der Waals surface area contributed by atoms with Gasteiger partial charge in [-0.2, -0.15) is 0 Å². The summed E-state index contributed by atoms with van der Waals surface area (Å²) in [5.41, 5.74) is 6.06. The molecule has 0 radical (unpaired) electrons. The van der Waals surface area contributed by atoms with Crippen molar-refractivity contribution >= 4 is 28.4 Å². The second-order valence-corrected chi connectivity index (χ2v) is 7.42. The molecule has 1 aromatic rings. The van der Waals surface area contributed by atoms with Crippen LogP contribution in [0.2, 0.25) is 0 Å². The molecule has 8 heteroatoms. The summed E-state index contributed by atoms with van der Waals surface area (Å²) < 4.78 is 32.7. The molecular formula is C15H23ClN2O4S. The van der Waals surface area contributed by atoms with Crippen LogP contribution < -0.4 is 10.5 Å². The van der Waals surface area contributed by atoms with Gasteiger partial charge < -0.3 is 10.5 Å². The van der Waals surface area contributed by atoms with Gasteiger partial charge in [0, 0.05) is 12.1 Å². The minimum atomic E-state index is -3.68. The average Bonchev–Trinajstić information content (AvgIpc) is 2.94. The summed E-state index contributed by atoms with van der Waals surface area (Å²) in [4.78, 5) is 11.7. The maximum Gasteiger partial charge on any atom is 0.337 e. The Labute approximate surface area is 143 Å². The van der Waals surface area contributed by atoms with E-state index < -0.39 is 21.5 Å². The van der Waals surface area contributed by atoms with Crippen LogP contribution in [0.4, 0.5) is 0 Å². The first-order valence-corrected chi connectivity index (χ1v) is 8.75. The molecule has 3 N–H and O–H groups in total. The molecule has 2 rings (SSSR count). The van der Waals surface area contributed by atoms with Crippen molar-refractivity contribution < 1.29 is 17.9 Å². The van der Waals surface area contributed by atoms with Gasteiger partial charge in [-0.3, -0.25) is 0 Å². The number of aryl methyl sites for hydroxylation is 1. The van der Waals surface area contributed by atoms with E-state index in [0.717, 1.165) is 25.7 Å². The third kappa shape index (κ3) is 4.23. The van der Waals surface area contributed by atoms with E-state index in [1.807, 2.05) is 0 Å². The van der Waals surface area contributed by atoms with Crippen LogP contribution in [-0.2, 0) is 14.8 Å². The Morgan fingerprint density at radius 1 is 1.35 bits per heavy atom. The molecule has 23 heavy (non-hydrogen) atoms. The number of carbonyl (C=O) groups excluding carboxylic acids is 1. The summed E-state index contributed by atoms with van der Waals surface area (Å²) in [7, 11) is -2.39. The molecular weight excluding hydrogens is 340 g/mol. The van der Waals surface area contributed by atoms with Gasteiger partial charge in [0.25, 0.3) is 0 Å². The summed E-state index contributed by atoms with van der Waals surface area (Å²) in [5.74, 6) is -0.491. The van der Waals surface area contributed by atoms with Gasteiger partial charge in [-0.25, -0.2) is 17.9 Å². The number of nitrogens with one attached hydrogen (secondary N) is 1. The molecule has 1 saturated carbocycles. The molecule has 1 aliphatic rings. The summed E-state index contributed by atoms with van der Waals surface area (Å²) in [6, 6.07) is 4.41. The van der Waals surface area contributed by atoms with Crippen molar-refractivity contribution in [2.24, 2.45) is 5.73 Å². The van der Waals surface area contributed by atoms with E-state index in [2.05, 4.69) is 9.46 Å². The number of hydrogen-bond acceptors (Lipinski definition) is 5. The van der Waals surface area contributed by atoms with Gasteiger partial charge in [0.1, 0.15) is 0 Å². The molecule has 0 saturated heterocycles. The first kappa shape index (κ1) is 19.9. The van der Waals surface area contributed by atoms with Crippen LogP contribution in [0.5, 0.6) is 0 Å². The highest BCUT2D eigenvalue weighted by Crippen LogP contribution is 2.31. The number of esters is 1. The van der Waals surface area contributed by atoms with Gasteiger partial charge in [-0.1, -0.05) is 12.8 Å². The van der Waals surface area contributed by atoms with Crippen LogP contribution in [0.25, 0.3) is 0 Å². The summed E-state index contributed by atoms with van der Waals surface area (Å²) in [6.45, 7) is 1.94. The number of ether oxygens (including phenoxy) is 1. The molecule has 0 aromatic heterocycles. The Hall–Kier alpha value is -1.15. The summed E-state index contributed by atoms with van der Waals surface area (Å²) in [6.07, 6.45) is 3.45. The molecule has 0 spiro atoms. The summed E-state index contributed by atoms with van der Waals surface area (Å²) in [5, 5.41) is 0. The molecule has 0 aliphatic heterocycles. The lowest BCUT2D eigenvalue weighted by Crippen LogP contribution is -2.51. The lowest BCUT2D eigenvalue weighted by Gasteiger charge is -2.28. The first-order chi connectivity index (χ1) is 10.3. The van der Waals surface area contributed by atoms with E-state index >= 15 is 0 Å². The Morgan fingerprint density at radius 2 is 1.96 bits per heavy atom. The SMILES string of the molecule is COC(=O)c1ccc(S(=O)(=O)NC2(CN)CCCC2)c(C)c1.Cl. The Kier molecular flexibility index (Phi) is 6.59. The fourth-order valence-corrected chi connectivity index (χ4v) is 4.63. The number of sulfonamides is 1. The predicted octanol–water partition coefficient (Wildman–Crippen LogP) is 1.75. The normalized spacial score (nSPS) is 16.7. The lowest BCUT2D eigenvalue weighted by molar-refractivity contribution is 0.0600. The van der Waals surface area contributed by atoms with Crippen molar-refractivity contribution in [3.05, 3.63) is 29.3 Å². The van der Waals surface area contributed by atoms with Crippen molar-refractivity contribution in [2.45, 2.75) is 43.0 Å². The van der Waals surface area contributed by atoms with Crippen molar-refractivity contribution in [1.82, 2.24) is 4.72 Å². The predicted molar refractivity (Wildman–Crippen MR) is 90.3 cm³/mol. The zero-order valence-electron chi connectivity index (χ0n) is 13.3. The van der Waals surface area contributed by atoms with Crippen LogP contribution in [0, 0.1) is 6.92 Å². The van der Waals surface area contributed by atoms with Crippen molar-refractivity contribution in [1.29, 1.82) is 0 Å². The number of methoxy groups -OCH3 is 1. The quantitative estimate of drug-likeness (QED) is 0.777. The zero-order valence-corrected chi connectivity index (χ0v) is 14.9. The van der Waals surface area contributed by atoms with Gasteiger partial charge in [0.05, 0.1) is 17.6 Å². The van der Waals surface area contributed by atoms with Gasteiger partial charge in [-0.15, -0.1) is 12.4 Å². The Bertz CT molecular complexity index is 670. The number of rotatable bonds is 5. The van der Waals surface area contributed by atoms with E-state index in [-0.39, 0.29) is 23.8 Å². The van der Waals surface area contributed by atoms with Crippen molar-refractivity contribution in [3.63, 3.8) is 0 Å². The van der Waals surface area contributed by atoms with Crippen LogP contribution in [0.15, 0.2) is 23.1 Å². The van der Waals surface area contributed by atoms with E-state index in [0.29, 0.717) is 11.1 Å². The fourth-order valence-electron chi connectivity index (χ4n) is 2.94. The first-order valence-electron chi connectivity index (χ1n) is 7.27. The van der Waals surface area contributed by atoms with E-state index in [9.17, 15) is 13.2 Å². The molecule has 6 nitrogen and oxygen atoms in total. The maximum absolute atomic E-state index is 12.6. The number of hydrogen-bond donors (Lipinski definition) is 2. The molecule has 1 aromatic carbocycles.